The summed E-state index contributed by atoms with van der Waals surface area (Å²) in [5.41, 5.74) is 1.22. The fourth-order valence-corrected chi connectivity index (χ4v) is 2.36. The van der Waals surface area contributed by atoms with E-state index < -0.39 is 0 Å². The smallest absolute Gasteiger partial charge is 0.198 e. The van der Waals surface area contributed by atoms with E-state index in [0.29, 0.717) is 10.7 Å². The number of rotatable bonds is 0. The Bertz CT molecular complexity index is 402. The van der Waals surface area contributed by atoms with Gasteiger partial charge in [-0.15, -0.1) is 0 Å². The van der Waals surface area contributed by atoms with Crippen molar-refractivity contribution in [3.63, 3.8) is 0 Å². The van der Waals surface area contributed by atoms with Gasteiger partial charge in [0, 0.05) is 16.8 Å². The van der Waals surface area contributed by atoms with Crippen molar-refractivity contribution in [2.24, 2.45) is 0 Å². The van der Waals surface area contributed by atoms with Crippen molar-refractivity contribution in [1.29, 1.82) is 0 Å². The summed E-state index contributed by atoms with van der Waals surface area (Å²) in [6.07, 6.45) is 3.35. The molecule has 1 aromatic heterocycles. The molecule has 1 atom stereocenters. The number of Topliss-reactive ketones (excluding diaryl/α,β-unsaturated/α-hetero) is 1. The van der Waals surface area contributed by atoms with Gasteiger partial charge in [-0.25, -0.2) is 0 Å². The summed E-state index contributed by atoms with van der Waals surface area (Å²) in [6, 6.07) is 3.58. The lowest BCUT2D eigenvalue weighted by Crippen LogP contribution is -2.19. The van der Waals surface area contributed by atoms with Crippen LogP contribution < -0.4 is 0 Å². The first-order chi connectivity index (χ1) is 6.20. The number of ketones is 1. The Kier molecular flexibility index (Phi) is 2.38. The summed E-state index contributed by atoms with van der Waals surface area (Å²) < 4.78 is -0.188. The highest BCUT2D eigenvalue weighted by Gasteiger charge is 2.25. The zero-order valence-electron chi connectivity index (χ0n) is 6.50. The van der Waals surface area contributed by atoms with Gasteiger partial charge in [0.25, 0.3) is 0 Å². The van der Waals surface area contributed by atoms with Crippen LogP contribution in [0.4, 0.5) is 0 Å². The molecule has 1 unspecified atom stereocenters. The zero-order chi connectivity index (χ0) is 9.42. The van der Waals surface area contributed by atoms with E-state index in [1.165, 1.54) is 0 Å². The number of allylic oxidation sites excluding steroid dienone is 1. The summed E-state index contributed by atoms with van der Waals surface area (Å²) in [6.45, 7) is 0. The number of aromatic nitrogens is 1. The molecule has 1 aliphatic rings. The normalized spacial score (nSPS) is 20.9. The molecule has 2 rings (SSSR count). The van der Waals surface area contributed by atoms with Crippen LogP contribution in [-0.2, 0) is 0 Å². The first kappa shape index (κ1) is 9.15. The van der Waals surface area contributed by atoms with Gasteiger partial charge in [0.2, 0.25) is 0 Å². The van der Waals surface area contributed by atoms with E-state index in [1.807, 2.05) is 28.7 Å². The lowest BCUT2D eigenvalue weighted by molar-refractivity contribution is 0.0999. The van der Waals surface area contributed by atoms with Crippen LogP contribution in [0.5, 0.6) is 0 Å². The molecule has 0 aliphatic heterocycles. The largest absolute Gasteiger partial charge is 0.291 e. The molecular formula is C9H5ClINO. The minimum Gasteiger partial charge on any atom is -0.291 e. The quantitative estimate of drug-likeness (QED) is 0.545. The molecule has 0 amide bonds. The summed E-state index contributed by atoms with van der Waals surface area (Å²) in [7, 11) is 0. The molecule has 0 aromatic carbocycles. The topological polar surface area (TPSA) is 30.0 Å². The predicted molar refractivity (Wildman–Crippen MR) is 60.2 cm³/mol. The van der Waals surface area contributed by atoms with Gasteiger partial charge < -0.3 is 0 Å². The van der Waals surface area contributed by atoms with Crippen molar-refractivity contribution < 1.29 is 4.79 Å². The molecule has 1 aliphatic carbocycles. The van der Waals surface area contributed by atoms with Crippen LogP contribution in [0.1, 0.15) is 16.1 Å². The fraction of sp³-hybridized carbons (Fsp3) is 0.111. The van der Waals surface area contributed by atoms with E-state index in [0.717, 1.165) is 5.56 Å². The highest BCUT2D eigenvalue weighted by atomic mass is 127. The molecule has 1 aromatic rings. The highest BCUT2D eigenvalue weighted by Crippen LogP contribution is 2.30. The molecule has 2 nitrogen and oxygen atoms in total. The number of carbonyl (C=O) groups is 1. The van der Waals surface area contributed by atoms with Gasteiger partial charge in [-0.3, -0.25) is 9.78 Å². The second-order valence-electron chi connectivity index (χ2n) is 2.68. The summed E-state index contributed by atoms with van der Waals surface area (Å²) in [4.78, 5) is 15.6. The number of halogens is 2. The molecule has 13 heavy (non-hydrogen) atoms. The van der Waals surface area contributed by atoms with Crippen molar-refractivity contribution in [3.8, 4) is 0 Å². The molecule has 0 spiro atoms. The van der Waals surface area contributed by atoms with Gasteiger partial charge in [0.1, 0.15) is 5.69 Å². The van der Waals surface area contributed by atoms with Crippen LogP contribution in [-0.4, -0.2) is 14.7 Å². The molecule has 0 saturated carbocycles. The van der Waals surface area contributed by atoms with E-state index in [2.05, 4.69) is 4.98 Å². The Morgan fingerprint density at radius 1 is 1.54 bits per heavy atom. The van der Waals surface area contributed by atoms with E-state index in [9.17, 15) is 4.79 Å². The van der Waals surface area contributed by atoms with Crippen molar-refractivity contribution in [2.45, 2.75) is 3.92 Å². The van der Waals surface area contributed by atoms with Crippen LogP contribution in [0.15, 0.2) is 24.4 Å². The van der Waals surface area contributed by atoms with E-state index in [1.54, 1.807) is 18.3 Å². The molecule has 66 valence electrons. The molecule has 0 fully saturated rings. The van der Waals surface area contributed by atoms with Crippen LogP contribution >= 0.6 is 34.2 Å². The number of nitrogens with zero attached hydrogens (tertiary/aromatic N) is 1. The fourth-order valence-electron chi connectivity index (χ4n) is 1.22. The summed E-state index contributed by atoms with van der Waals surface area (Å²) in [5, 5.41) is 0.613. The van der Waals surface area contributed by atoms with Crippen LogP contribution in [0.3, 0.4) is 0 Å². The third kappa shape index (κ3) is 1.50. The highest BCUT2D eigenvalue weighted by molar-refractivity contribution is 14.1. The Balaban J connectivity index is 2.65. The maximum Gasteiger partial charge on any atom is 0.198 e. The number of carbonyl (C=O) groups excluding carboxylic acids is 1. The molecule has 0 radical (unpaired) electrons. The summed E-state index contributed by atoms with van der Waals surface area (Å²) in [5.74, 6) is 0.0283. The van der Waals surface area contributed by atoms with Gasteiger partial charge in [-0.2, -0.15) is 0 Å². The molecule has 0 N–H and O–H groups in total. The zero-order valence-corrected chi connectivity index (χ0v) is 9.41. The van der Waals surface area contributed by atoms with E-state index in [-0.39, 0.29) is 9.71 Å². The molecular weight excluding hydrogens is 300 g/mol. The number of hydrogen-bond acceptors (Lipinski definition) is 2. The molecule has 0 bridgehead atoms. The lowest BCUT2D eigenvalue weighted by atomic mass is 10.0. The van der Waals surface area contributed by atoms with Crippen LogP contribution in [0.2, 0.25) is 0 Å². The summed E-state index contributed by atoms with van der Waals surface area (Å²) >= 11 is 8.02. The Morgan fingerprint density at radius 2 is 2.31 bits per heavy atom. The number of fused-ring (bicyclic) bond motifs is 1. The van der Waals surface area contributed by atoms with Gasteiger partial charge in [0.05, 0.1) is 3.92 Å². The van der Waals surface area contributed by atoms with Gasteiger partial charge in [-0.1, -0.05) is 34.2 Å². The van der Waals surface area contributed by atoms with Crippen LogP contribution in [0.25, 0.3) is 5.03 Å². The number of alkyl halides is 1. The maximum absolute atomic E-state index is 11.6. The molecule has 1 heterocycles. The average molecular weight is 306 g/mol. The minimum absolute atomic E-state index is 0.0283. The third-order valence-electron chi connectivity index (χ3n) is 1.84. The van der Waals surface area contributed by atoms with Gasteiger partial charge in [0.15, 0.2) is 5.78 Å². The molecule has 4 heteroatoms. The lowest BCUT2D eigenvalue weighted by Gasteiger charge is -2.14. The molecule has 0 saturated heterocycles. The van der Waals surface area contributed by atoms with Crippen molar-refractivity contribution in [1.82, 2.24) is 4.98 Å². The van der Waals surface area contributed by atoms with Crippen molar-refractivity contribution in [2.75, 3.05) is 0 Å². The van der Waals surface area contributed by atoms with Gasteiger partial charge >= 0.3 is 0 Å². The van der Waals surface area contributed by atoms with Gasteiger partial charge in [-0.05, 0) is 18.2 Å². The predicted octanol–water partition coefficient (Wildman–Crippen LogP) is 2.66. The maximum atomic E-state index is 11.6. The van der Waals surface area contributed by atoms with Crippen molar-refractivity contribution in [3.05, 3.63) is 35.7 Å². The Labute approximate surface area is 94.1 Å². The Morgan fingerprint density at radius 3 is 3.08 bits per heavy atom. The second kappa shape index (κ2) is 3.38. The first-order valence-corrected chi connectivity index (χ1v) is 5.33. The van der Waals surface area contributed by atoms with E-state index in [4.69, 9.17) is 11.6 Å². The second-order valence-corrected chi connectivity index (χ2v) is 4.43. The number of pyridine rings is 1. The van der Waals surface area contributed by atoms with Crippen molar-refractivity contribution >= 4 is 45.0 Å². The number of hydrogen-bond donors (Lipinski definition) is 0. The standard InChI is InChI=1S/C9H5ClINO/c10-6-4-7(11)9(13)8-5(6)2-1-3-12-8/h1-4,7H. The SMILES string of the molecule is O=C1c2ncccc2C(Cl)=CC1I. The monoisotopic (exact) mass is 305 g/mol. The van der Waals surface area contributed by atoms with Crippen LogP contribution in [0, 0.1) is 0 Å². The average Bonchev–Trinajstić information content (AvgIpc) is 2.15. The third-order valence-corrected chi connectivity index (χ3v) is 3.10. The van der Waals surface area contributed by atoms with E-state index >= 15 is 0 Å². The minimum atomic E-state index is -0.188. The first-order valence-electron chi connectivity index (χ1n) is 3.71. The Hall–Kier alpha value is -0.420.